The van der Waals surface area contributed by atoms with Crippen molar-refractivity contribution in [2.75, 3.05) is 0 Å². The van der Waals surface area contributed by atoms with Crippen LogP contribution >= 0.6 is 0 Å². The number of rotatable bonds is 11. The first-order valence-electron chi connectivity index (χ1n) is 42.0. The highest BCUT2D eigenvalue weighted by Crippen LogP contribution is 2.59. The van der Waals surface area contributed by atoms with E-state index in [2.05, 4.69) is 47.4 Å². The number of carbonyl (C=O) groups is 1. The average Bonchev–Trinajstić information content (AvgIpc) is 0.932. The summed E-state index contributed by atoms with van der Waals surface area (Å²) in [5.41, 5.74) is -32.2. The van der Waals surface area contributed by atoms with Crippen molar-refractivity contribution in [3.05, 3.63) is 458 Å². The minimum absolute atomic E-state index is 0.0400. The van der Waals surface area contributed by atoms with E-state index in [4.69, 9.17) is 0 Å². The number of aliphatic hydroxyl groups excluding tert-OH is 1. The number of aliphatic hydroxyl groups is 1. The van der Waals surface area contributed by atoms with Crippen molar-refractivity contribution in [2.45, 2.75) is 93.3 Å². The maximum Gasteiger partial charge on any atom is 0.416 e. The molecule has 0 amide bonds. The predicted octanol–water partition coefficient (Wildman–Crippen LogP) is 32.0. The average molecular weight is 2040 g/mol. The van der Waals surface area contributed by atoms with Crippen LogP contribution in [0.3, 0.4) is 0 Å². The molecule has 0 saturated heterocycles. The van der Waals surface area contributed by atoms with Gasteiger partial charge in [0, 0.05) is 77.9 Å². The third kappa shape index (κ3) is 22.3. The van der Waals surface area contributed by atoms with Gasteiger partial charge in [-0.1, -0.05) is 186 Å². The normalized spacial score (nSPS) is 14.7. The number of halogens is 33. The minimum atomic E-state index is -6.20. The van der Waals surface area contributed by atoms with E-state index >= 15 is 44.3 Å². The Morgan fingerprint density at radius 3 is 0.634 bits per heavy atom. The highest BCUT2D eigenvalue weighted by molar-refractivity contribution is 6.59. The topological polar surface area (TPSA) is 37.3 Å². The molecule has 145 heavy (non-hydrogen) atoms. The third-order valence-electron chi connectivity index (χ3n) is 23.4. The Bertz CT molecular complexity index is 7560. The zero-order valence-corrected chi connectivity index (χ0v) is 73.0. The van der Waals surface area contributed by atoms with E-state index in [1.165, 1.54) is 85.8 Å². The number of aryl methyl sites for hydroxylation is 2. The Morgan fingerprint density at radius 2 is 0.379 bits per heavy atom. The Kier molecular flexibility index (Phi) is 27.1. The van der Waals surface area contributed by atoms with Gasteiger partial charge in [-0.3, -0.25) is 4.79 Å². The fourth-order valence-electron chi connectivity index (χ4n) is 16.7. The number of allylic oxidation sites excluding steroid dienone is 6. The largest absolute Gasteiger partial charge is 0.416 e. The standard InChI is InChI=1S/C110H55F33O2/c1-58-3-21-68(22-4-58)89-90(94(73-27-17-62(18-28-73)7-11-66-48-83(104(123,124)125)55-84(49-66)105(126,127)128)97(144)93(89)72-25-15-61(16-26-72)6-10-65-46-81(102(117,118)119)54-82(47-65)103(120,121)122)69-31-37-76(38-32-69)99(110(141,142)143,79-52-87(108(135,136)137)57-88(53-79)109(138,139)140)77-39-33-70(34-40-77)91-92(71-35-41-78(42-36-71)100(111,112)113)96(75-29-19-63(20-30-75)8-12-67-50-85(106(129,130)131)56-86(51-67)107(132,133)134)98(145)95(91)74-23-13-60(14-24-74)5-9-64-43-59(2)44-80(45-64)101(114,115)116/h3-4,13-57,98,145H,1-2H3. The number of ketones is 1. The van der Waals surface area contributed by atoms with E-state index in [9.17, 15) is 110 Å². The van der Waals surface area contributed by atoms with Crippen LogP contribution in [0.4, 0.5) is 145 Å². The second-order valence-corrected chi connectivity index (χ2v) is 33.2. The summed E-state index contributed by atoms with van der Waals surface area (Å²) in [5.74, 6) is 18.3. The lowest BCUT2D eigenvalue weighted by Crippen LogP contribution is -2.45. The number of carbonyl (C=O) groups excluding carboxylic acids is 1. The van der Waals surface area contributed by atoms with Crippen LogP contribution in [0, 0.1) is 61.2 Å². The first-order valence-corrected chi connectivity index (χ1v) is 42.0. The van der Waals surface area contributed by atoms with Crippen LogP contribution in [-0.2, 0) is 72.0 Å². The fourth-order valence-corrected chi connectivity index (χ4v) is 16.7. The number of hydrogen-bond acceptors (Lipinski definition) is 2. The van der Waals surface area contributed by atoms with Crippen LogP contribution < -0.4 is 0 Å². The van der Waals surface area contributed by atoms with Crippen LogP contribution in [0.5, 0.6) is 0 Å². The molecule has 0 saturated carbocycles. The molecule has 1 N–H and O–H groups in total. The summed E-state index contributed by atoms with van der Waals surface area (Å²) < 4.78 is 485. The Balaban J connectivity index is 0.948. The minimum Gasteiger partial charge on any atom is -0.384 e. The molecule has 13 aromatic rings. The van der Waals surface area contributed by atoms with Gasteiger partial charge in [0.05, 0.1) is 55.6 Å². The van der Waals surface area contributed by atoms with E-state index in [0.717, 1.165) is 97.1 Å². The molecule has 0 spiro atoms. The van der Waals surface area contributed by atoms with Crippen molar-refractivity contribution in [2.24, 2.45) is 0 Å². The first kappa shape index (κ1) is 104. The van der Waals surface area contributed by atoms with Gasteiger partial charge >= 0.3 is 67.9 Å². The molecule has 0 aliphatic heterocycles. The van der Waals surface area contributed by atoms with Crippen molar-refractivity contribution in [1.82, 2.24) is 0 Å². The van der Waals surface area contributed by atoms with Gasteiger partial charge in [-0.25, -0.2) is 0 Å². The zero-order valence-electron chi connectivity index (χ0n) is 73.0. The van der Waals surface area contributed by atoms with Crippen LogP contribution in [0.1, 0.15) is 172 Å². The highest BCUT2D eigenvalue weighted by Gasteiger charge is 2.60. The van der Waals surface area contributed by atoms with Gasteiger partial charge in [-0.05, 0) is 243 Å². The van der Waals surface area contributed by atoms with Gasteiger partial charge < -0.3 is 5.11 Å². The molecule has 35 heteroatoms. The van der Waals surface area contributed by atoms with E-state index in [-0.39, 0.29) is 147 Å². The molecule has 738 valence electrons. The number of Topliss-reactive ketones (excluding diaryl/α,β-unsaturated/α-hetero) is 1. The van der Waals surface area contributed by atoms with Crippen LogP contribution in [0.2, 0.25) is 0 Å². The van der Waals surface area contributed by atoms with E-state index in [0.29, 0.717) is 78.4 Å². The molecular formula is C110H55F33O2. The smallest absolute Gasteiger partial charge is 0.384 e. The van der Waals surface area contributed by atoms with E-state index in [1.54, 1.807) is 6.92 Å². The summed E-state index contributed by atoms with van der Waals surface area (Å²) in [6.07, 6.45) is -62.0. The lowest BCUT2D eigenvalue weighted by Gasteiger charge is -2.38. The van der Waals surface area contributed by atoms with Crippen molar-refractivity contribution >= 4 is 50.4 Å². The van der Waals surface area contributed by atoms with Crippen LogP contribution in [0.25, 0.3) is 44.6 Å². The Hall–Kier alpha value is -15.6. The van der Waals surface area contributed by atoms with Crippen molar-refractivity contribution in [3.8, 4) is 47.4 Å². The first-order chi connectivity index (χ1) is 67.4. The van der Waals surface area contributed by atoms with Crippen molar-refractivity contribution in [1.29, 1.82) is 0 Å². The van der Waals surface area contributed by atoms with Gasteiger partial charge in [0.25, 0.3) is 0 Å². The summed E-state index contributed by atoms with van der Waals surface area (Å²) in [6, 6.07) is 36.9. The second-order valence-electron chi connectivity index (χ2n) is 33.2. The molecule has 0 fully saturated rings. The Morgan fingerprint density at radius 1 is 0.186 bits per heavy atom. The Labute approximate surface area is 799 Å². The number of hydrogen-bond donors (Lipinski definition) is 1. The summed E-state index contributed by atoms with van der Waals surface area (Å²) in [7, 11) is 0. The number of benzene rings is 13. The molecule has 0 heterocycles. The fraction of sp³-hybridized carbons (Fsp3) is 0.136. The van der Waals surface area contributed by atoms with E-state index < -0.39 is 186 Å². The van der Waals surface area contributed by atoms with Crippen molar-refractivity contribution in [3.63, 3.8) is 0 Å². The third-order valence-corrected chi connectivity index (χ3v) is 23.4. The number of alkyl halides is 33. The highest BCUT2D eigenvalue weighted by atomic mass is 19.5. The predicted molar refractivity (Wildman–Crippen MR) is 471 cm³/mol. The monoisotopic (exact) mass is 2030 g/mol. The molecule has 0 bridgehead atoms. The van der Waals surface area contributed by atoms with E-state index in [1.807, 2.05) is 0 Å². The SMILES string of the molecule is Cc1ccc(C2=C(c3ccc(C#Cc4cc(C(F)(F)F)cc(C(F)(F)F)c4)cc3)C(=O)C(c3ccc(C#Cc4cc(C(F)(F)F)cc(C(F)(F)F)c4)cc3)=C2c2ccc(C(c3ccc(C4=C(c5ccc(C#Cc6cc(C)cc(C(F)(F)F)c6)cc5)C(O)C(c5ccc(C#Cc6cc(C(F)(F)F)cc(C(F)(F)F)c6)cc5)=C4c4ccc(C(F)(F)F)cc4)cc3)(c3cc(C(F)(F)F)cc(C(F)(F)F)c3)C(F)(F)F)cc2)cc1. The lowest BCUT2D eigenvalue weighted by molar-refractivity contribution is -0.167. The quantitative estimate of drug-likeness (QED) is 0.0796. The molecular weight excluding hydrogens is 1980 g/mol. The molecule has 2 aliphatic carbocycles. The summed E-state index contributed by atoms with van der Waals surface area (Å²) in [6.45, 7) is 2.96. The van der Waals surface area contributed by atoms with Crippen LogP contribution in [0.15, 0.2) is 285 Å². The summed E-state index contributed by atoms with van der Waals surface area (Å²) in [4.78, 5) is 16.1. The molecule has 0 radical (unpaired) electrons. The van der Waals surface area contributed by atoms with Crippen molar-refractivity contribution < 1.29 is 155 Å². The summed E-state index contributed by atoms with van der Waals surface area (Å²) in [5, 5.41) is 13.2. The molecule has 2 unspecified atom stereocenters. The van der Waals surface area contributed by atoms with Gasteiger partial charge in [0.2, 0.25) is 0 Å². The molecule has 0 aromatic heterocycles. The summed E-state index contributed by atoms with van der Waals surface area (Å²) >= 11 is 0. The molecule has 2 atom stereocenters. The second kappa shape index (κ2) is 37.9. The molecule has 13 aromatic carbocycles. The van der Waals surface area contributed by atoms with Gasteiger partial charge in [0.1, 0.15) is 11.5 Å². The molecule has 2 aliphatic rings. The van der Waals surface area contributed by atoms with Gasteiger partial charge in [-0.2, -0.15) is 145 Å². The maximum atomic E-state index is 18.0. The van der Waals surface area contributed by atoms with Gasteiger partial charge in [0.15, 0.2) is 5.78 Å². The molecule has 2 nitrogen and oxygen atoms in total. The lowest BCUT2D eigenvalue weighted by atomic mass is 9.67. The molecule has 15 rings (SSSR count). The zero-order chi connectivity index (χ0) is 106. The van der Waals surface area contributed by atoms with Gasteiger partial charge in [-0.15, -0.1) is 0 Å². The van der Waals surface area contributed by atoms with Crippen LogP contribution in [-0.4, -0.2) is 23.2 Å². The maximum absolute atomic E-state index is 18.0.